The topological polar surface area (TPSA) is 76.9 Å². The highest BCUT2D eigenvalue weighted by atomic mass is 16.5. The maximum absolute atomic E-state index is 13.3. The lowest BCUT2D eigenvalue weighted by Gasteiger charge is -2.43. The fraction of sp³-hybridized carbons (Fsp3) is 0.593. The van der Waals surface area contributed by atoms with E-state index in [1.54, 1.807) is 0 Å². The van der Waals surface area contributed by atoms with Crippen molar-refractivity contribution in [3.63, 3.8) is 0 Å². The van der Waals surface area contributed by atoms with E-state index < -0.39 is 5.60 Å². The van der Waals surface area contributed by atoms with Crippen LogP contribution < -0.4 is 4.74 Å². The molecule has 0 spiro atoms. The number of aryl methyl sites for hydroxylation is 2. The third kappa shape index (κ3) is 6.23. The maximum Gasteiger partial charge on any atom is 0.225 e. The van der Waals surface area contributed by atoms with E-state index in [1.165, 1.54) is 6.42 Å². The van der Waals surface area contributed by atoms with Crippen LogP contribution in [0.5, 0.6) is 5.75 Å². The molecule has 0 N–H and O–H groups in total. The van der Waals surface area contributed by atoms with Crippen LogP contribution in [0.2, 0.25) is 0 Å². The first-order valence-corrected chi connectivity index (χ1v) is 12.7. The molecule has 4 rings (SSSR count). The summed E-state index contributed by atoms with van der Waals surface area (Å²) >= 11 is 0. The third-order valence-corrected chi connectivity index (χ3v) is 7.28. The van der Waals surface area contributed by atoms with Crippen molar-refractivity contribution in [3.8, 4) is 5.75 Å². The zero-order valence-corrected chi connectivity index (χ0v) is 21.3. The van der Waals surface area contributed by atoms with Crippen molar-refractivity contribution in [1.82, 2.24) is 19.6 Å². The molecule has 35 heavy (non-hydrogen) atoms. The number of piperidine rings is 1. The maximum atomic E-state index is 13.3. The van der Waals surface area contributed by atoms with E-state index in [2.05, 4.69) is 5.10 Å². The Morgan fingerprint density at radius 2 is 1.77 bits per heavy atom. The Labute approximate surface area is 208 Å². The SMILES string of the molecule is Cc1nn(C)c(C)c1CCC(=O)N1CCOC(COc2ccccc2)(CC(=O)N2CCCCC2)C1. The molecule has 1 unspecified atom stereocenters. The van der Waals surface area contributed by atoms with Gasteiger partial charge in [-0.05, 0) is 57.2 Å². The van der Waals surface area contributed by atoms with Crippen LogP contribution in [-0.2, 0) is 27.8 Å². The van der Waals surface area contributed by atoms with Crippen molar-refractivity contribution >= 4 is 11.8 Å². The molecule has 2 aromatic rings. The molecule has 2 amide bonds. The molecule has 0 aliphatic carbocycles. The van der Waals surface area contributed by atoms with Crippen molar-refractivity contribution in [1.29, 1.82) is 0 Å². The summed E-state index contributed by atoms with van der Waals surface area (Å²) in [6.45, 7) is 7.09. The van der Waals surface area contributed by atoms with Gasteiger partial charge in [0, 0.05) is 38.8 Å². The fourth-order valence-electron chi connectivity index (χ4n) is 5.13. The molecule has 3 heterocycles. The number of amides is 2. The summed E-state index contributed by atoms with van der Waals surface area (Å²) in [6.07, 6.45) is 4.52. The molecule has 8 nitrogen and oxygen atoms in total. The normalized spacial score (nSPS) is 20.7. The van der Waals surface area contributed by atoms with Gasteiger partial charge in [-0.1, -0.05) is 18.2 Å². The molecule has 2 saturated heterocycles. The molecule has 190 valence electrons. The average Bonchev–Trinajstić information content (AvgIpc) is 3.13. The first kappa shape index (κ1) is 25.2. The van der Waals surface area contributed by atoms with E-state index in [4.69, 9.17) is 9.47 Å². The molecule has 2 aliphatic heterocycles. The van der Waals surface area contributed by atoms with Crippen LogP contribution in [0.15, 0.2) is 30.3 Å². The van der Waals surface area contributed by atoms with Crippen LogP contribution in [0.3, 0.4) is 0 Å². The Balaban J connectivity index is 1.45. The number of nitrogens with zero attached hydrogens (tertiary/aromatic N) is 4. The van der Waals surface area contributed by atoms with E-state index in [1.807, 2.05) is 65.7 Å². The van der Waals surface area contributed by atoms with E-state index in [0.29, 0.717) is 32.5 Å². The number of morpholine rings is 1. The van der Waals surface area contributed by atoms with Gasteiger partial charge < -0.3 is 19.3 Å². The van der Waals surface area contributed by atoms with Gasteiger partial charge in [0.2, 0.25) is 11.8 Å². The summed E-state index contributed by atoms with van der Waals surface area (Å²) in [5.41, 5.74) is 2.33. The van der Waals surface area contributed by atoms with E-state index in [9.17, 15) is 9.59 Å². The first-order chi connectivity index (χ1) is 16.9. The molecule has 0 bridgehead atoms. The standard InChI is InChI=1S/C27H38N4O4/c1-21-24(22(2)29(3)28-21)12-13-25(32)31-16-17-35-27(19-31,20-34-23-10-6-4-7-11-23)18-26(33)30-14-8-5-9-15-30/h4,6-7,10-11H,5,8-9,12-20H2,1-3H3. The van der Waals surface area contributed by atoms with Gasteiger partial charge in [0.1, 0.15) is 18.0 Å². The summed E-state index contributed by atoms with van der Waals surface area (Å²) in [6, 6.07) is 9.56. The molecule has 2 aliphatic rings. The van der Waals surface area contributed by atoms with Crippen LogP contribution in [0, 0.1) is 13.8 Å². The molecular formula is C27H38N4O4. The van der Waals surface area contributed by atoms with Crippen molar-refractivity contribution in [2.75, 3.05) is 39.4 Å². The van der Waals surface area contributed by atoms with Gasteiger partial charge in [0.05, 0.1) is 25.3 Å². The summed E-state index contributed by atoms with van der Waals surface area (Å²) < 4.78 is 14.2. The zero-order chi connectivity index (χ0) is 24.8. The Kier molecular flexibility index (Phi) is 8.11. The Bertz CT molecular complexity index is 1020. The summed E-state index contributed by atoms with van der Waals surface area (Å²) in [7, 11) is 1.93. The highest BCUT2D eigenvalue weighted by Crippen LogP contribution is 2.27. The number of ether oxygens (including phenoxy) is 2. The van der Waals surface area contributed by atoms with Gasteiger partial charge in [-0.3, -0.25) is 14.3 Å². The van der Waals surface area contributed by atoms with Gasteiger partial charge in [-0.2, -0.15) is 5.10 Å². The van der Waals surface area contributed by atoms with Crippen LogP contribution in [-0.4, -0.2) is 76.4 Å². The quantitative estimate of drug-likeness (QED) is 0.578. The van der Waals surface area contributed by atoms with E-state index >= 15 is 0 Å². The molecule has 0 radical (unpaired) electrons. The Hall–Kier alpha value is -2.87. The summed E-state index contributed by atoms with van der Waals surface area (Å²) in [5, 5.41) is 4.47. The van der Waals surface area contributed by atoms with Crippen molar-refractivity contribution < 1.29 is 19.1 Å². The number of rotatable bonds is 8. The molecular weight excluding hydrogens is 444 g/mol. The lowest BCUT2D eigenvalue weighted by Crippen LogP contribution is -2.58. The highest BCUT2D eigenvalue weighted by molar-refractivity contribution is 5.79. The average molecular weight is 483 g/mol. The van der Waals surface area contributed by atoms with Gasteiger partial charge in [0.25, 0.3) is 0 Å². The highest BCUT2D eigenvalue weighted by Gasteiger charge is 2.42. The second kappa shape index (κ2) is 11.2. The number of hydrogen-bond acceptors (Lipinski definition) is 5. The van der Waals surface area contributed by atoms with Crippen molar-refractivity contribution in [2.45, 2.75) is 58.0 Å². The van der Waals surface area contributed by atoms with Gasteiger partial charge in [-0.25, -0.2) is 0 Å². The minimum Gasteiger partial charge on any atom is -0.490 e. The summed E-state index contributed by atoms with van der Waals surface area (Å²) in [5.74, 6) is 0.884. The third-order valence-electron chi connectivity index (χ3n) is 7.28. The molecule has 1 atom stereocenters. The largest absolute Gasteiger partial charge is 0.490 e. The van der Waals surface area contributed by atoms with Crippen LogP contribution in [0.1, 0.15) is 49.1 Å². The Morgan fingerprint density at radius 3 is 2.46 bits per heavy atom. The number of carbonyl (C=O) groups excluding carboxylic acids is 2. The van der Waals surface area contributed by atoms with Crippen LogP contribution >= 0.6 is 0 Å². The monoisotopic (exact) mass is 482 g/mol. The number of aromatic nitrogens is 2. The molecule has 1 aromatic heterocycles. The lowest BCUT2D eigenvalue weighted by atomic mass is 9.95. The fourth-order valence-corrected chi connectivity index (χ4v) is 5.13. The molecule has 8 heteroatoms. The zero-order valence-electron chi connectivity index (χ0n) is 21.3. The van der Waals surface area contributed by atoms with Crippen LogP contribution in [0.4, 0.5) is 0 Å². The van der Waals surface area contributed by atoms with E-state index in [-0.39, 0.29) is 24.8 Å². The van der Waals surface area contributed by atoms with Crippen molar-refractivity contribution in [3.05, 3.63) is 47.3 Å². The number of hydrogen-bond donors (Lipinski definition) is 0. The minimum absolute atomic E-state index is 0.0745. The Morgan fingerprint density at radius 1 is 1.03 bits per heavy atom. The first-order valence-electron chi connectivity index (χ1n) is 12.7. The van der Waals surface area contributed by atoms with Gasteiger partial charge in [0.15, 0.2) is 0 Å². The van der Waals surface area contributed by atoms with Crippen molar-refractivity contribution in [2.24, 2.45) is 7.05 Å². The van der Waals surface area contributed by atoms with E-state index in [0.717, 1.165) is 48.6 Å². The summed E-state index contributed by atoms with van der Waals surface area (Å²) in [4.78, 5) is 30.3. The molecule has 2 fully saturated rings. The minimum atomic E-state index is -0.863. The second-order valence-electron chi connectivity index (χ2n) is 9.84. The molecule has 0 saturated carbocycles. The number of benzene rings is 1. The van der Waals surface area contributed by atoms with Crippen LogP contribution in [0.25, 0.3) is 0 Å². The molecule has 1 aromatic carbocycles. The smallest absolute Gasteiger partial charge is 0.225 e. The second-order valence-corrected chi connectivity index (χ2v) is 9.84. The number of likely N-dealkylation sites (tertiary alicyclic amines) is 1. The predicted octanol–water partition coefficient (Wildman–Crippen LogP) is 3.05. The van der Waals surface area contributed by atoms with Gasteiger partial charge in [-0.15, -0.1) is 0 Å². The lowest BCUT2D eigenvalue weighted by molar-refractivity contribution is -0.166. The predicted molar refractivity (Wildman–Crippen MR) is 133 cm³/mol. The number of para-hydroxylation sites is 1. The number of carbonyl (C=O) groups is 2. The van der Waals surface area contributed by atoms with Gasteiger partial charge >= 0.3 is 0 Å².